The van der Waals surface area contributed by atoms with Crippen molar-refractivity contribution in [3.05, 3.63) is 72.0 Å². The zero-order valence-corrected chi connectivity index (χ0v) is 14.1. The first kappa shape index (κ1) is 17.6. The van der Waals surface area contributed by atoms with Crippen LogP contribution in [-0.2, 0) is 0 Å². The minimum absolute atomic E-state index is 0.0179. The monoisotopic (exact) mass is 371 g/mol. The molecule has 0 unspecified atom stereocenters. The number of hydrogen-bond acceptors (Lipinski definition) is 5. The summed E-state index contributed by atoms with van der Waals surface area (Å²) in [7, 11) is 0. The molecule has 3 aromatic rings. The van der Waals surface area contributed by atoms with Crippen molar-refractivity contribution in [3.63, 3.8) is 0 Å². The van der Waals surface area contributed by atoms with Crippen LogP contribution in [0, 0.1) is 5.82 Å². The molecule has 0 aliphatic heterocycles. The van der Waals surface area contributed by atoms with Crippen molar-refractivity contribution >= 4 is 23.6 Å². The van der Waals surface area contributed by atoms with Crippen molar-refractivity contribution in [1.29, 1.82) is 0 Å². The van der Waals surface area contributed by atoms with Crippen molar-refractivity contribution in [1.82, 2.24) is 0 Å². The van der Waals surface area contributed by atoms with Gasteiger partial charge in [0, 0.05) is 22.2 Å². The summed E-state index contributed by atoms with van der Waals surface area (Å²) < 4.78 is 16.4. The van der Waals surface area contributed by atoms with Crippen LogP contribution in [0.5, 0.6) is 11.5 Å². The number of phenolic OH excluding ortho intramolecular Hbond substituents is 1. The van der Waals surface area contributed by atoms with E-state index in [1.54, 1.807) is 24.3 Å². The van der Waals surface area contributed by atoms with Crippen LogP contribution in [0.2, 0.25) is 0 Å². The Kier molecular flexibility index (Phi) is 4.99. The fraction of sp³-hybridized carbons (Fsp3) is 0. The van der Waals surface area contributed by atoms with E-state index < -0.39 is 11.8 Å². The first-order chi connectivity index (χ1) is 12.4. The van der Waals surface area contributed by atoms with Crippen molar-refractivity contribution in [2.75, 3.05) is 4.72 Å². The molecule has 7 heteroatoms. The molecule has 5 nitrogen and oxygen atoms in total. The molecule has 4 N–H and O–H groups in total. The van der Waals surface area contributed by atoms with E-state index in [2.05, 4.69) is 4.72 Å². The largest absolute Gasteiger partial charge is 0.507 e. The number of carbonyl (C=O) groups is 1. The number of benzene rings is 3. The van der Waals surface area contributed by atoms with Crippen molar-refractivity contribution in [2.45, 2.75) is 4.90 Å². The second-order valence-electron chi connectivity index (χ2n) is 5.43. The number of aromatic carboxylic acids is 1. The smallest absolute Gasteiger partial charge is 0.339 e. The summed E-state index contributed by atoms with van der Waals surface area (Å²) in [6, 6.07) is 15.0. The Morgan fingerprint density at radius 2 is 1.77 bits per heavy atom. The molecule has 0 bridgehead atoms. The Morgan fingerprint density at radius 1 is 0.962 bits per heavy atom. The quantitative estimate of drug-likeness (QED) is 0.485. The molecule has 0 saturated carbocycles. The Balaban J connectivity index is 1.78. The molecule has 0 atom stereocenters. The predicted molar refractivity (Wildman–Crippen MR) is 98.0 cm³/mol. The van der Waals surface area contributed by atoms with Gasteiger partial charge in [0.25, 0.3) is 0 Å². The lowest BCUT2D eigenvalue weighted by Gasteiger charge is -2.09. The number of rotatable bonds is 5. The number of anilines is 1. The third kappa shape index (κ3) is 3.89. The number of aromatic hydroxyl groups is 2. The number of nitrogens with one attached hydrogen (secondary N) is 1. The van der Waals surface area contributed by atoms with Gasteiger partial charge in [0.2, 0.25) is 0 Å². The Bertz CT molecular complexity index is 978. The van der Waals surface area contributed by atoms with E-state index in [9.17, 15) is 19.4 Å². The zero-order valence-electron chi connectivity index (χ0n) is 13.3. The van der Waals surface area contributed by atoms with Gasteiger partial charge in [-0.2, -0.15) is 0 Å². The molecule has 0 spiro atoms. The maximum absolute atomic E-state index is 13.4. The van der Waals surface area contributed by atoms with Crippen LogP contribution in [-0.4, -0.2) is 21.3 Å². The maximum Gasteiger partial charge on any atom is 0.339 e. The highest BCUT2D eigenvalue weighted by atomic mass is 32.2. The standard InChI is InChI=1S/C19H14FNO4S/c20-12-4-7-17(22)16(9-12)11-2-1-3-14(8-11)26-21-13-5-6-15(19(24)25)18(23)10-13/h1-10,21-23H,(H,24,25). The van der Waals surface area contributed by atoms with E-state index in [-0.39, 0.29) is 17.1 Å². The summed E-state index contributed by atoms with van der Waals surface area (Å²) in [4.78, 5) is 11.7. The fourth-order valence-electron chi connectivity index (χ4n) is 2.36. The second kappa shape index (κ2) is 7.37. The number of hydrogen-bond donors (Lipinski definition) is 4. The molecule has 0 aliphatic carbocycles. The summed E-state index contributed by atoms with van der Waals surface area (Å²) in [5.74, 6) is -2.00. The van der Waals surface area contributed by atoms with Gasteiger partial charge in [-0.25, -0.2) is 9.18 Å². The Morgan fingerprint density at radius 3 is 2.50 bits per heavy atom. The molecule has 0 saturated heterocycles. The highest BCUT2D eigenvalue weighted by molar-refractivity contribution is 8.00. The minimum Gasteiger partial charge on any atom is -0.507 e. The van der Waals surface area contributed by atoms with Gasteiger partial charge in [-0.1, -0.05) is 12.1 Å². The highest BCUT2D eigenvalue weighted by Gasteiger charge is 2.10. The molecule has 0 heterocycles. The molecule has 3 aromatic carbocycles. The molecule has 3 rings (SSSR count). The van der Waals surface area contributed by atoms with E-state index >= 15 is 0 Å². The highest BCUT2D eigenvalue weighted by Crippen LogP contribution is 2.33. The summed E-state index contributed by atoms with van der Waals surface area (Å²) in [6.45, 7) is 0. The van der Waals surface area contributed by atoms with Crippen LogP contribution in [0.25, 0.3) is 11.1 Å². The molecule has 0 amide bonds. The van der Waals surface area contributed by atoms with Gasteiger partial charge in [-0.15, -0.1) is 0 Å². The lowest BCUT2D eigenvalue weighted by molar-refractivity contribution is 0.0694. The van der Waals surface area contributed by atoms with Crippen LogP contribution >= 0.6 is 11.9 Å². The van der Waals surface area contributed by atoms with Crippen LogP contribution in [0.1, 0.15) is 10.4 Å². The van der Waals surface area contributed by atoms with E-state index in [1.165, 1.54) is 42.3 Å². The first-order valence-corrected chi connectivity index (χ1v) is 8.34. The number of carboxylic acids is 1. The van der Waals surface area contributed by atoms with Gasteiger partial charge < -0.3 is 20.0 Å². The van der Waals surface area contributed by atoms with Crippen molar-refractivity contribution in [3.8, 4) is 22.6 Å². The minimum atomic E-state index is -1.20. The Labute approximate surface area is 152 Å². The molecule has 0 radical (unpaired) electrons. The summed E-state index contributed by atoms with van der Waals surface area (Å²) in [5, 5.41) is 28.6. The molecular formula is C19H14FNO4S. The predicted octanol–water partition coefficient (Wildman–Crippen LogP) is 4.72. The molecule has 26 heavy (non-hydrogen) atoms. The first-order valence-electron chi connectivity index (χ1n) is 7.52. The second-order valence-corrected chi connectivity index (χ2v) is 6.31. The Hall–Kier alpha value is -3.19. The molecule has 132 valence electrons. The van der Waals surface area contributed by atoms with Gasteiger partial charge in [-0.3, -0.25) is 0 Å². The zero-order chi connectivity index (χ0) is 18.7. The van der Waals surface area contributed by atoms with Gasteiger partial charge in [0.1, 0.15) is 22.9 Å². The van der Waals surface area contributed by atoms with Crippen LogP contribution in [0.15, 0.2) is 65.6 Å². The molecule has 0 fully saturated rings. The van der Waals surface area contributed by atoms with Gasteiger partial charge in [0.05, 0.1) is 0 Å². The van der Waals surface area contributed by atoms with Gasteiger partial charge in [-0.05, 0) is 60.0 Å². The normalized spacial score (nSPS) is 10.5. The summed E-state index contributed by atoms with van der Waals surface area (Å²) in [5.41, 5.74) is 1.38. The van der Waals surface area contributed by atoms with Crippen LogP contribution < -0.4 is 4.72 Å². The summed E-state index contributed by atoms with van der Waals surface area (Å²) in [6.07, 6.45) is 0. The third-order valence-electron chi connectivity index (χ3n) is 3.62. The van der Waals surface area contributed by atoms with E-state index in [0.29, 0.717) is 16.8 Å². The van der Waals surface area contributed by atoms with Gasteiger partial charge >= 0.3 is 5.97 Å². The number of carboxylic acid groups (broad SMARTS) is 1. The summed E-state index contributed by atoms with van der Waals surface area (Å²) >= 11 is 1.23. The number of halogens is 1. The fourth-order valence-corrected chi connectivity index (χ4v) is 3.06. The van der Waals surface area contributed by atoms with Crippen molar-refractivity contribution < 1.29 is 24.5 Å². The van der Waals surface area contributed by atoms with Gasteiger partial charge in [0.15, 0.2) is 0 Å². The lowest BCUT2D eigenvalue weighted by Crippen LogP contribution is -1.97. The van der Waals surface area contributed by atoms with E-state index in [1.807, 2.05) is 6.07 Å². The van der Waals surface area contributed by atoms with Crippen LogP contribution in [0.3, 0.4) is 0 Å². The van der Waals surface area contributed by atoms with E-state index in [4.69, 9.17) is 5.11 Å². The average Bonchev–Trinajstić information content (AvgIpc) is 2.62. The third-order valence-corrected chi connectivity index (χ3v) is 4.45. The van der Waals surface area contributed by atoms with Crippen LogP contribution in [0.4, 0.5) is 10.1 Å². The van der Waals surface area contributed by atoms with E-state index in [0.717, 1.165) is 4.90 Å². The molecule has 0 aliphatic rings. The SMILES string of the molecule is O=C(O)c1ccc(NSc2cccc(-c3cc(F)ccc3O)c2)cc1O. The molecule has 0 aromatic heterocycles. The maximum atomic E-state index is 13.4. The molecular weight excluding hydrogens is 357 g/mol. The lowest BCUT2D eigenvalue weighted by atomic mass is 10.0. The average molecular weight is 371 g/mol. The topological polar surface area (TPSA) is 89.8 Å². The number of phenols is 2. The van der Waals surface area contributed by atoms with Crippen molar-refractivity contribution in [2.24, 2.45) is 0 Å².